The lowest BCUT2D eigenvalue weighted by molar-refractivity contribution is 0.415. The van der Waals surface area contributed by atoms with Crippen molar-refractivity contribution in [3.8, 4) is 0 Å². The Bertz CT molecular complexity index is 263. The number of hydrogen-bond acceptors (Lipinski definition) is 1. The molecule has 0 N–H and O–H groups in total. The molecule has 0 aromatic heterocycles. The Kier molecular flexibility index (Phi) is 2.13. The van der Waals surface area contributed by atoms with E-state index in [1.807, 2.05) is 0 Å². The molecule has 12 heavy (non-hydrogen) atoms. The van der Waals surface area contributed by atoms with Crippen molar-refractivity contribution < 1.29 is 4.74 Å². The summed E-state index contributed by atoms with van der Waals surface area (Å²) in [5.41, 5.74) is 2.78. The fourth-order valence-electron chi connectivity index (χ4n) is 1.48. The zero-order valence-electron chi connectivity index (χ0n) is 7.42. The molecule has 0 spiro atoms. The number of aryl methyl sites for hydroxylation is 1. The Hall–Kier alpha value is -0.820. The van der Waals surface area contributed by atoms with Crippen molar-refractivity contribution in [2.45, 2.75) is 25.9 Å². The average molecular weight is 162 g/mol. The molecular formula is C11H14O. The van der Waals surface area contributed by atoms with Gasteiger partial charge in [-0.2, -0.15) is 0 Å². The Balaban J connectivity index is 2.15. The quantitative estimate of drug-likeness (QED) is 0.622. The molecule has 0 aliphatic carbocycles. The van der Waals surface area contributed by atoms with Crippen molar-refractivity contribution in [2.24, 2.45) is 0 Å². The minimum absolute atomic E-state index is 0.404. The SMILES string of the molecule is CCCc1cccc(C2CO2)c1. The van der Waals surface area contributed by atoms with Gasteiger partial charge in [0.15, 0.2) is 0 Å². The van der Waals surface area contributed by atoms with Gasteiger partial charge in [0.2, 0.25) is 0 Å². The van der Waals surface area contributed by atoms with Gasteiger partial charge in [-0.05, 0) is 17.5 Å². The average Bonchev–Trinajstić information content (AvgIpc) is 2.88. The monoisotopic (exact) mass is 162 g/mol. The summed E-state index contributed by atoms with van der Waals surface area (Å²) >= 11 is 0. The second-order valence-electron chi connectivity index (χ2n) is 3.32. The van der Waals surface area contributed by atoms with Crippen LogP contribution in [-0.4, -0.2) is 6.61 Å². The summed E-state index contributed by atoms with van der Waals surface area (Å²) in [6, 6.07) is 8.73. The van der Waals surface area contributed by atoms with Gasteiger partial charge in [-0.3, -0.25) is 0 Å². The largest absolute Gasteiger partial charge is 0.368 e. The van der Waals surface area contributed by atoms with Crippen LogP contribution in [0, 0.1) is 0 Å². The van der Waals surface area contributed by atoms with Gasteiger partial charge in [0.25, 0.3) is 0 Å². The molecule has 2 rings (SSSR count). The van der Waals surface area contributed by atoms with E-state index in [0.29, 0.717) is 6.10 Å². The molecule has 0 amide bonds. The minimum atomic E-state index is 0.404. The molecule has 1 fully saturated rings. The summed E-state index contributed by atoms with van der Waals surface area (Å²) in [5, 5.41) is 0. The summed E-state index contributed by atoms with van der Waals surface area (Å²) < 4.78 is 5.23. The first-order valence-corrected chi connectivity index (χ1v) is 4.60. The summed E-state index contributed by atoms with van der Waals surface area (Å²) in [6.07, 6.45) is 2.80. The summed E-state index contributed by atoms with van der Waals surface area (Å²) in [7, 11) is 0. The van der Waals surface area contributed by atoms with Gasteiger partial charge in [0.05, 0.1) is 6.61 Å². The van der Waals surface area contributed by atoms with Crippen LogP contribution in [0.2, 0.25) is 0 Å². The van der Waals surface area contributed by atoms with E-state index in [0.717, 1.165) is 6.61 Å². The van der Waals surface area contributed by atoms with Crippen molar-refractivity contribution in [1.82, 2.24) is 0 Å². The van der Waals surface area contributed by atoms with E-state index in [2.05, 4.69) is 31.2 Å². The number of benzene rings is 1. The number of hydrogen-bond donors (Lipinski definition) is 0. The molecule has 1 aliphatic rings. The van der Waals surface area contributed by atoms with Gasteiger partial charge in [-0.25, -0.2) is 0 Å². The van der Waals surface area contributed by atoms with Crippen LogP contribution < -0.4 is 0 Å². The first-order chi connectivity index (χ1) is 5.90. The summed E-state index contributed by atoms with van der Waals surface area (Å²) in [6.45, 7) is 3.12. The smallest absolute Gasteiger partial charge is 0.106 e. The van der Waals surface area contributed by atoms with Crippen LogP contribution in [0.25, 0.3) is 0 Å². The molecule has 0 radical (unpaired) electrons. The lowest BCUT2D eigenvalue weighted by atomic mass is 10.1. The molecule has 0 bridgehead atoms. The highest BCUT2D eigenvalue weighted by molar-refractivity contribution is 5.27. The Labute approximate surface area is 73.4 Å². The van der Waals surface area contributed by atoms with Gasteiger partial charge >= 0.3 is 0 Å². The van der Waals surface area contributed by atoms with Crippen molar-refractivity contribution >= 4 is 0 Å². The molecule has 1 nitrogen and oxygen atoms in total. The third-order valence-corrected chi connectivity index (χ3v) is 2.19. The van der Waals surface area contributed by atoms with Gasteiger partial charge in [0.1, 0.15) is 6.10 Å². The molecule has 1 heteroatoms. The van der Waals surface area contributed by atoms with Crippen LogP contribution in [0.1, 0.15) is 30.6 Å². The fraction of sp³-hybridized carbons (Fsp3) is 0.455. The Morgan fingerprint density at radius 3 is 3.00 bits per heavy atom. The summed E-state index contributed by atoms with van der Waals surface area (Å²) in [4.78, 5) is 0. The Morgan fingerprint density at radius 1 is 1.50 bits per heavy atom. The molecule has 1 saturated heterocycles. The maximum absolute atomic E-state index is 5.23. The van der Waals surface area contributed by atoms with E-state index < -0.39 is 0 Å². The normalized spacial score (nSPS) is 20.9. The van der Waals surface area contributed by atoms with E-state index >= 15 is 0 Å². The zero-order chi connectivity index (χ0) is 8.39. The van der Waals surface area contributed by atoms with Gasteiger partial charge in [-0.1, -0.05) is 37.6 Å². The van der Waals surface area contributed by atoms with E-state index in [4.69, 9.17) is 4.74 Å². The van der Waals surface area contributed by atoms with E-state index in [9.17, 15) is 0 Å². The molecule has 1 aromatic carbocycles. The highest BCUT2D eigenvalue weighted by Gasteiger charge is 2.24. The van der Waals surface area contributed by atoms with Crippen LogP contribution in [0.3, 0.4) is 0 Å². The van der Waals surface area contributed by atoms with Crippen LogP contribution in [0.15, 0.2) is 24.3 Å². The third kappa shape index (κ3) is 1.67. The van der Waals surface area contributed by atoms with E-state index in [1.54, 1.807) is 0 Å². The van der Waals surface area contributed by atoms with Crippen molar-refractivity contribution in [1.29, 1.82) is 0 Å². The zero-order valence-corrected chi connectivity index (χ0v) is 7.42. The van der Waals surface area contributed by atoms with Crippen LogP contribution in [-0.2, 0) is 11.2 Å². The molecular weight excluding hydrogens is 148 g/mol. The highest BCUT2D eigenvalue weighted by atomic mass is 16.6. The number of ether oxygens (including phenoxy) is 1. The van der Waals surface area contributed by atoms with Gasteiger partial charge in [-0.15, -0.1) is 0 Å². The fourth-order valence-corrected chi connectivity index (χ4v) is 1.48. The predicted octanol–water partition coefficient (Wildman–Crippen LogP) is 2.71. The van der Waals surface area contributed by atoms with Crippen LogP contribution in [0.4, 0.5) is 0 Å². The molecule has 64 valence electrons. The van der Waals surface area contributed by atoms with Gasteiger partial charge < -0.3 is 4.74 Å². The molecule has 1 aromatic rings. The number of rotatable bonds is 3. The van der Waals surface area contributed by atoms with Crippen molar-refractivity contribution in [3.05, 3.63) is 35.4 Å². The van der Waals surface area contributed by atoms with Crippen molar-refractivity contribution in [2.75, 3.05) is 6.61 Å². The Morgan fingerprint density at radius 2 is 2.33 bits per heavy atom. The standard InChI is InChI=1S/C11H14O/c1-2-4-9-5-3-6-10(7-9)11-8-12-11/h3,5-7,11H,2,4,8H2,1H3. The van der Waals surface area contributed by atoms with Crippen LogP contribution in [0.5, 0.6) is 0 Å². The molecule has 1 unspecified atom stereocenters. The lowest BCUT2D eigenvalue weighted by Crippen LogP contribution is -1.86. The first kappa shape index (κ1) is 7.81. The molecule has 1 atom stereocenters. The lowest BCUT2D eigenvalue weighted by Gasteiger charge is -2.00. The first-order valence-electron chi connectivity index (χ1n) is 4.60. The maximum atomic E-state index is 5.23. The minimum Gasteiger partial charge on any atom is -0.368 e. The molecule has 0 saturated carbocycles. The van der Waals surface area contributed by atoms with Gasteiger partial charge in [0, 0.05) is 0 Å². The third-order valence-electron chi connectivity index (χ3n) is 2.19. The molecule has 1 heterocycles. The van der Waals surface area contributed by atoms with Crippen LogP contribution >= 0.6 is 0 Å². The maximum Gasteiger partial charge on any atom is 0.106 e. The predicted molar refractivity (Wildman–Crippen MR) is 49.1 cm³/mol. The second kappa shape index (κ2) is 3.28. The highest BCUT2D eigenvalue weighted by Crippen LogP contribution is 2.30. The summed E-state index contributed by atoms with van der Waals surface area (Å²) in [5.74, 6) is 0. The second-order valence-corrected chi connectivity index (χ2v) is 3.32. The van der Waals surface area contributed by atoms with E-state index in [-0.39, 0.29) is 0 Å². The van der Waals surface area contributed by atoms with E-state index in [1.165, 1.54) is 24.0 Å². The van der Waals surface area contributed by atoms with Crippen molar-refractivity contribution in [3.63, 3.8) is 0 Å². The number of epoxide rings is 1. The topological polar surface area (TPSA) is 12.5 Å². The molecule has 1 aliphatic heterocycles.